The second-order valence-corrected chi connectivity index (χ2v) is 8.15. The summed E-state index contributed by atoms with van der Waals surface area (Å²) in [5, 5.41) is 8.48. The van der Waals surface area contributed by atoms with E-state index in [2.05, 4.69) is 49.2 Å². The summed E-state index contributed by atoms with van der Waals surface area (Å²) in [6.07, 6.45) is 0.941. The van der Waals surface area contributed by atoms with Crippen LogP contribution in [0.3, 0.4) is 0 Å². The first-order chi connectivity index (χ1) is 12.9. The second kappa shape index (κ2) is 7.17. The van der Waals surface area contributed by atoms with Crippen molar-refractivity contribution in [1.29, 1.82) is 0 Å². The number of hydrogen-bond donors (Lipinski definition) is 1. The lowest BCUT2D eigenvalue weighted by Crippen LogP contribution is -2.40. The SMILES string of the molecule is Cc1nn(C)c(N2CCOCC2)c1CNC1CC(C)(C)Oc2ccccc21. The Hall–Kier alpha value is -2.05. The number of nitrogens with zero attached hydrogens (tertiary/aromatic N) is 3. The number of ether oxygens (including phenoxy) is 2. The molecule has 0 aliphatic carbocycles. The zero-order valence-corrected chi connectivity index (χ0v) is 16.8. The number of nitrogens with one attached hydrogen (secondary N) is 1. The van der Waals surface area contributed by atoms with E-state index in [4.69, 9.17) is 14.6 Å². The van der Waals surface area contributed by atoms with Crippen LogP contribution in [0.1, 0.15) is 43.1 Å². The van der Waals surface area contributed by atoms with Gasteiger partial charge in [0.1, 0.15) is 17.2 Å². The van der Waals surface area contributed by atoms with E-state index in [0.29, 0.717) is 0 Å². The molecule has 0 amide bonds. The first kappa shape index (κ1) is 18.3. The van der Waals surface area contributed by atoms with Crippen LogP contribution in [-0.2, 0) is 18.3 Å². The molecule has 6 nitrogen and oxygen atoms in total. The Bertz CT molecular complexity index is 809. The number of rotatable bonds is 4. The van der Waals surface area contributed by atoms with E-state index >= 15 is 0 Å². The van der Waals surface area contributed by atoms with Crippen LogP contribution in [0.25, 0.3) is 0 Å². The van der Waals surface area contributed by atoms with Crippen molar-refractivity contribution in [2.24, 2.45) is 7.05 Å². The number of aryl methyl sites for hydroxylation is 2. The van der Waals surface area contributed by atoms with E-state index in [0.717, 1.165) is 50.7 Å². The molecule has 1 unspecified atom stereocenters. The minimum absolute atomic E-state index is 0.178. The Morgan fingerprint density at radius 1 is 1.22 bits per heavy atom. The average molecular weight is 370 g/mol. The van der Waals surface area contributed by atoms with E-state index < -0.39 is 0 Å². The molecule has 146 valence electrons. The van der Waals surface area contributed by atoms with Crippen LogP contribution >= 0.6 is 0 Å². The predicted octanol–water partition coefficient (Wildman–Crippen LogP) is 2.96. The van der Waals surface area contributed by atoms with Crippen LogP contribution in [0.2, 0.25) is 0 Å². The molecule has 2 aliphatic heterocycles. The van der Waals surface area contributed by atoms with Gasteiger partial charge in [-0.3, -0.25) is 4.68 Å². The number of anilines is 1. The number of fused-ring (bicyclic) bond motifs is 1. The summed E-state index contributed by atoms with van der Waals surface area (Å²) >= 11 is 0. The molecule has 1 N–H and O–H groups in total. The molecule has 0 spiro atoms. The molecule has 0 radical (unpaired) electrons. The van der Waals surface area contributed by atoms with Crippen LogP contribution in [0.4, 0.5) is 5.82 Å². The molecule has 0 bridgehead atoms. The van der Waals surface area contributed by atoms with Crippen molar-refractivity contribution in [3.63, 3.8) is 0 Å². The Morgan fingerprint density at radius 3 is 2.74 bits per heavy atom. The molecule has 1 saturated heterocycles. The van der Waals surface area contributed by atoms with Crippen molar-refractivity contribution in [2.75, 3.05) is 31.2 Å². The molecule has 1 aromatic heterocycles. The van der Waals surface area contributed by atoms with E-state index in [1.165, 1.54) is 16.9 Å². The predicted molar refractivity (Wildman–Crippen MR) is 106 cm³/mol. The highest BCUT2D eigenvalue weighted by Gasteiger charge is 2.33. The van der Waals surface area contributed by atoms with Crippen molar-refractivity contribution in [3.05, 3.63) is 41.1 Å². The van der Waals surface area contributed by atoms with Crippen LogP contribution in [0.5, 0.6) is 5.75 Å². The lowest BCUT2D eigenvalue weighted by Gasteiger charge is -2.38. The normalized spacial score (nSPS) is 21.6. The third-order valence-electron chi connectivity index (χ3n) is 5.53. The van der Waals surface area contributed by atoms with Gasteiger partial charge < -0.3 is 19.7 Å². The van der Waals surface area contributed by atoms with Gasteiger partial charge in [0.15, 0.2) is 0 Å². The van der Waals surface area contributed by atoms with Gasteiger partial charge in [0.2, 0.25) is 0 Å². The fourth-order valence-electron chi connectivity index (χ4n) is 4.28. The molecular weight excluding hydrogens is 340 g/mol. The minimum atomic E-state index is -0.178. The highest BCUT2D eigenvalue weighted by atomic mass is 16.5. The van der Waals surface area contributed by atoms with Crippen molar-refractivity contribution < 1.29 is 9.47 Å². The Balaban J connectivity index is 1.57. The quantitative estimate of drug-likeness (QED) is 0.897. The smallest absolute Gasteiger partial charge is 0.131 e. The summed E-state index contributed by atoms with van der Waals surface area (Å²) in [4.78, 5) is 2.39. The molecule has 4 rings (SSSR count). The zero-order valence-electron chi connectivity index (χ0n) is 16.8. The maximum atomic E-state index is 6.17. The van der Waals surface area contributed by atoms with Crippen LogP contribution < -0.4 is 15.0 Å². The molecule has 1 atom stereocenters. The summed E-state index contributed by atoms with van der Waals surface area (Å²) < 4.78 is 13.7. The molecule has 2 aliphatic rings. The Morgan fingerprint density at radius 2 is 1.96 bits per heavy atom. The summed E-state index contributed by atoms with van der Waals surface area (Å²) in [6, 6.07) is 8.63. The highest BCUT2D eigenvalue weighted by molar-refractivity contribution is 5.50. The number of hydrogen-bond acceptors (Lipinski definition) is 5. The van der Waals surface area contributed by atoms with Crippen molar-refractivity contribution in [3.8, 4) is 5.75 Å². The average Bonchev–Trinajstić information content (AvgIpc) is 2.92. The monoisotopic (exact) mass is 370 g/mol. The molecule has 1 fully saturated rings. The zero-order chi connectivity index (χ0) is 19.0. The lowest BCUT2D eigenvalue weighted by atomic mass is 9.89. The number of benzene rings is 1. The fourth-order valence-corrected chi connectivity index (χ4v) is 4.28. The van der Waals surface area contributed by atoms with Gasteiger partial charge in [0.05, 0.1) is 18.9 Å². The van der Waals surface area contributed by atoms with Crippen molar-refractivity contribution >= 4 is 5.82 Å². The Labute approximate surface area is 161 Å². The topological polar surface area (TPSA) is 51.5 Å². The van der Waals surface area contributed by atoms with E-state index in [1.54, 1.807) is 0 Å². The summed E-state index contributed by atoms with van der Waals surface area (Å²) in [5.74, 6) is 2.20. The summed E-state index contributed by atoms with van der Waals surface area (Å²) in [5.41, 5.74) is 3.43. The van der Waals surface area contributed by atoms with Crippen molar-refractivity contribution in [2.45, 2.75) is 45.4 Å². The largest absolute Gasteiger partial charge is 0.487 e. The van der Waals surface area contributed by atoms with Gasteiger partial charge in [0.25, 0.3) is 0 Å². The van der Waals surface area contributed by atoms with Gasteiger partial charge >= 0.3 is 0 Å². The van der Waals surface area contributed by atoms with E-state index in [1.807, 2.05) is 17.8 Å². The molecule has 1 aromatic carbocycles. The third kappa shape index (κ3) is 3.69. The molecular formula is C21H30N4O2. The van der Waals surface area contributed by atoms with Crippen LogP contribution in [-0.4, -0.2) is 41.7 Å². The maximum Gasteiger partial charge on any atom is 0.131 e. The maximum absolute atomic E-state index is 6.17. The summed E-state index contributed by atoms with van der Waals surface area (Å²) in [7, 11) is 2.04. The molecule has 3 heterocycles. The molecule has 27 heavy (non-hydrogen) atoms. The standard InChI is InChI=1S/C21H30N4O2/c1-15-17(20(24(4)23-15)25-9-11-26-12-10-25)14-22-18-13-21(2,3)27-19-8-6-5-7-16(18)19/h5-8,18,22H,9-14H2,1-4H3. The van der Waals surface area contributed by atoms with E-state index in [9.17, 15) is 0 Å². The molecule has 2 aromatic rings. The van der Waals surface area contributed by atoms with Gasteiger partial charge in [0, 0.05) is 50.3 Å². The third-order valence-corrected chi connectivity index (χ3v) is 5.53. The van der Waals surface area contributed by atoms with Gasteiger partial charge in [-0.05, 0) is 26.8 Å². The van der Waals surface area contributed by atoms with Gasteiger partial charge in [-0.2, -0.15) is 5.10 Å². The number of para-hydroxylation sites is 1. The van der Waals surface area contributed by atoms with Crippen LogP contribution in [0.15, 0.2) is 24.3 Å². The van der Waals surface area contributed by atoms with E-state index in [-0.39, 0.29) is 11.6 Å². The van der Waals surface area contributed by atoms with Crippen LogP contribution in [0, 0.1) is 6.92 Å². The first-order valence-electron chi connectivity index (χ1n) is 9.81. The van der Waals surface area contributed by atoms with Crippen molar-refractivity contribution in [1.82, 2.24) is 15.1 Å². The van der Waals surface area contributed by atoms with Gasteiger partial charge in [-0.1, -0.05) is 18.2 Å². The van der Waals surface area contributed by atoms with Gasteiger partial charge in [-0.25, -0.2) is 0 Å². The first-order valence-corrected chi connectivity index (χ1v) is 9.81. The number of aromatic nitrogens is 2. The Kier molecular flexibility index (Phi) is 4.86. The van der Waals surface area contributed by atoms with Gasteiger partial charge in [-0.15, -0.1) is 0 Å². The molecule has 6 heteroatoms. The number of morpholine rings is 1. The second-order valence-electron chi connectivity index (χ2n) is 8.15. The lowest BCUT2D eigenvalue weighted by molar-refractivity contribution is 0.0657. The molecule has 0 saturated carbocycles. The minimum Gasteiger partial charge on any atom is -0.487 e. The highest BCUT2D eigenvalue weighted by Crippen LogP contribution is 2.39. The summed E-state index contributed by atoms with van der Waals surface area (Å²) in [6.45, 7) is 10.6. The fraction of sp³-hybridized carbons (Fsp3) is 0.571.